The summed E-state index contributed by atoms with van der Waals surface area (Å²) < 4.78 is 5.42. The molecule has 5 atom stereocenters. The van der Waals surface area contributed by atoms with Crippen LogP contribution in [0.3, 0.4) is 0 Å². The standard InChI is InChI=1S/C24H33N3O3.ClH/c1-30-19-6-2-5-16(11-19)12-22-18-13-17(21-8-3-9-23(28)27(21)22)14-26(15-18)24(29)20-7-4-10-25-20;/h2,5-6,11,17-18,20-22,25H,3-4,7-10,12-15H2,1H3;1H/t17-,18+,20+,21+,22+;/m1./s1. The molecule has 4 saturated heterocycles. The molecule has 2 amide bonds. The van der Waals surface area contributed by atoms with Crippen LogP contribution in [0.5, 0.6) is 5.75 Å². The van der Waals surface area contributed by atoms with Crippen LogP contribution < -0.4 is 10.1 Å². The van der Waals surface area contributed by atoms with E-state index in [1.807, 2.05) is 12.1 Å². The Morgan fingerprint density at radius 3 is 2.81 bits per heavy atom. The van der Waals surface area contributed by atoms with Gasteiger partial charge in [0, 0.05) is 31.6 Å². The van der Waals surface area contributed by atoms with E-state index in [1.165, 1.54) is 5.56 Å². The smallest absolute Gasteiger partial charge is 0.239 e. The monoisotopic (exact) mass is 447 g/mol. The highest BCUT2D eigenvalue weighted by atomic mass is 35.5. The Bertz CT molecular complexity index is 813. The number of fused-ring (bicyclic) bond motifs is 4. The van der Waals surface area contributed by atoms with E-state index in [-0.39, 0.29) is 36.4 Å². The summed E-state index contributed by atoms with van der Waals surface area (Å²) >= 11 is 0. The third kappa shape index (κ3) is 4.29. The zero-order valence-corrected chi connectivity index (χ0v) is 19.1. The number of methoxy groups -OCH3 is 1. The Kier molecular flexibility index (Phi) is 6.77. The van der Waals surface area contributed by atoms with Crippen molar-refractivity contribution in [3.8, 4) is 5.75 Å². The summed E-state index contributed by atoms with van der Waals surface area (Å²) in [6, 6.07) is 8.65. The van der Waals surface area contributed by atoms with Gasteiger partial charge >= 0.3 is 0 Å². The van der Waals surface area contributed by atoms with Crippen molar-refractivity contribution in [2.45, 2.75) is 63.1 Å². The molecule has 0 spiro atoms. The van der Waals surface area contributed by atoms with Crippen molar-refractivity contribution < 1.29 is 14.3 Å². The fraction of sp³-hybridized carbons (Fsp3) is 0.667. The van der Waals surface area contributed by atoms with Crippen LogP contribution in [0.15, 0.2) is 24.3 Å². The average Bonchev–Trinajstić information content (AvgIpc) is 3.31. The molecule has 7 heteroatoms. The van der Waals surface area contributed by atoms with E-state index in [1.54, 1.807) is 7.11 Å². The number of benzene rings is 1. The number of hydrogen-bond donors (Lipinski definition) is 1. The maximum absolute atomic E-state index is 13.2. The minimum absolute atomic E-state index is 0. The molecule has 0 unspecified atom stereocenters. The Morgan fingerprint density at radius 1 is 1.19 bits per heavy atom. The second-order valence-electron chi connectivity index (χ2n) is 9.53. The van der Waals surface area contributed by atoms with Crippen molar-refractivity contribution in [3.63, 3.8) is 0 Å². The van der Waals surface area contributed by atoms with Crippen molar-refractivity contribution in [3.05, 3.63) is 29.8 Å². The van der Waals surface area contributed by atoms with Crippen LogP contribution in [0.2, 0.25) is 0 Å². The molecule has 4 aliphatic rings. The van der Waals surface area contributed by atoms with Crippen LogP contribution in [0.1, 0.15) is 44.1 Å². The van der Waals surface area contributed by atoms with Gasteiger partial charge in [0.05, 0.1) is 13.2 Å². The third-order valence-corrected chi connectivity index (χ3v) is 7.75. The molecule has 0 radical (unpaired) electrons. The number of nitrogens with one attached hydrogen (secondary N) is 1. The molecule has 1 N–H and O–H groups in total. The Balaban J connectivity index is 0.00000231. The van der Waals surface area contributed by atoms with Gasteiger partial charge in [-0.1, -0.05) is 12.1 Å². The summed E-state index contributed by atoms with van der Waals surface area (Å²) in [5, 5.41) is 3.38. The lowest BCUT2D eigenvalue weighted by Gasteiger charge is -2.57. The van der Waals surface area contributed by atoms with Crippen LogP contribution >= 0.6 is 12.4 Å². The Morgan fingerprint density at radius 2 is 2.03 bits per heavy atom. The average molecular weight is 448 g/mol. The highest BCUT2D eigenvalue weighted by molar-refractivity contribution is 5.85. The molecular weight excluding hydrogens is 414 g/mol. The zero-order valence-electron chi connectivity index (χ0n) is 18.3. The summed E-state index contributed by atoms with van der Waals surface area (Å²) in [4.78, 5) is 30.5. The predicted molar refractivity (Wildman–Crippen MR) is 121 cm³/mol. The predicted octanol–water partition coefficient (Wildman–Crippen LogP) is 2.64. The van der Waals surface area contributed by atoms with Crippen molar-refractivity contribution in [2.24, 2.45) is 11.8 Å². The van der Waals surface area contributed by atoms with E-state index in [9.17, 15) is 9.59 Å². The molecule has 4 heterocycles. The second-order valence-corrected chi connectivity index (χ2v) is 9.53. The SMILES string of the molecule is COc1cccc(C[C@H]2[C@H]3C[C@H](CN(C(=O)[C@@H]4CCCN4)C3)[C@@H]3CCCC(=O)N32)c1.Cl. The minimum atomic E-state index is -0.00949. The summed E-state index contributed by atoms with van der Waals surface area (Å²) in [6.07, 6.45) is 6.71. The van der Waals surface area contributed by atoms with Gasteiger partial charge in [-0.25, -0.2) is 0 Å². The van der Waals surface area contributed by atoms with Gasteiger partial charge in [-0.05, 0) is 74.6 Å². The number of rotatable bonds is 4. The largest absolute Gasteiger partial charge is 0.497 e. The summed E-state index contributed by atoms with van der Waals surface area (Å²) in [6.45, 7) is 2.53. The highest BCUT2D eigenvalue weighted by Crippen LogP contribution is 2.43. The molecule has 4 fully saturated rings. The Labute approximate surface area is 191 Å². The van der Waals surface area contributed by atoms with Gasteiger partial charge in [0.2, 0.25) is 11.8 Å². The first-order valence-electron chi connectivity index (χ1n) is 11.6. The number of nitrogens with zero attached hydrogens (tertiary/aromatic N) is 2. The molecule has 1 aromatic rings. The molecule has 4 aliphatic heterocycles. The van der Waals surface area contributed by atoms with Crippen LogP contribution in [-0.2, 0) is 16.0 Å². The number of halogens is 1. The molecule has 0 aliphatic carbocycles. The number of carbonyl (C=O) groups excluding carboxylic acids is 2. The molecule has 6 nitrogen and oxygen atoms in total. The highest BCUT2D eigenvalue weighted by Gasteiger charge is 2.50. The number of likely N-dealkylation sites (tertiary alicyclic amines) is 1. The number of amides is 2. The van der Waals surface area contributed by atoms with Gasteiger partial charge < -0.3 is 19.9 Å². The minimum Gasteiger partial charge on any atom is -0.497 e. The maximum Gasteiger partial charge on any atom is 0.239 e. The van der Waals surface area contributed by atoms with E-state index in [2.05, 4.69) is 27.2 Å². The molecular formula is C24H34ClN3O3. The molecule has 1 aromatic carbocycles. The van der Waals surface area contributed by atoms with E-state index in [0.29, 0.717) is 24.2 Å². The van der Waals surface area contributed by atoms with Crippen molar-refractivity contribution in [1.29, 1.82) is 0 Å². The van der Waals surface area contributed by atoms with E-state index >= 15 is 0 Å². The zero-order chi connectivity index (χ0) is 20.7. The molecule has 0 saturated carbocycles. The second kappa shape index (κ2) is 9.37. The topological polar surface area (TPSA) is 61.9 Å². The van der Waals surface area contributed by atoms with Gasteiger partial charge in [0.15, 0.2) is 0 Å². The van der Waals surface area contributed by atoms with Gasteiger partial charge in [0.25, 0.3) is 0 Å². The normalized spacial score (nSPS) is 32.3. The molecule has 2 bridgehead atoms. The molecule has 0 aromatic heterocycles. The lowest BCUT2D eigenvalue weighted by molar-refractivity contribution is -0.156. The van der Waals surface area contributed by atoms with Gasteiger partial charge in [0.1, 0.15) is 5.75 Å². The van der Waals surface area contributed by atoms with Gasteiger partial charge in [-0.3, -0.25) is 9.59 Å². The first kappa shape index (κ1) is 22.4. The summed E-state index contributed by atoms with van der Waals surface area (Å²) in [7, 11) is 1.69. The third-order valence-electron chi connectivity index (χ3n) is 7.75. The lowest BCUT2D eigenvalue weighted by Crippen LogP contribution is -2.66. The van der Waals surface area contributed by atoms with Gasteiger partial charge in [-0.2, -0.15) is 0 Å². The first-order valence-corrected chi connectivity index (χ1v) is 11.6. The van der Waals surface area contributed by atoms with Crippen LogP contribution in [0, 0.1) is 11.8 Å². The van der Waals surface area contributed by atoms with Crippen LogP contribution in [0.25, 0.3) is 0 Å². The Hall–Kier alpha value is -1.79. The molecule has 170 valence electrons. The number of ether oxygens (including phenoxy) is 1. The number of hydrogen-bond acceptors (Lipinski definition) is 4. The number of carbonyl (C=O) groups is 2. The molecule has 5 rings (SSSR count). The quantitative estimate of drug-likeness (QED) is 0.770. The van der Waals surface area contributed by atoms with Crippen LogP contribution in [-0.4, -0.2) is 66.5 Å². The van der Waals surface area contributed by atoms with E-state index in [0.717, 1.165) is 63.9 Å². The first-order chi connectivity index (χ1) is 14.6. The van der Waals surface area contributed by atoms with E-state index < -0.39 is 0 Å². The lowest BCUT2D eigenvalue weighted by atomic mass is 9.70. The summed E-state index contributed by atoms with van der Waals surface area (Å²) in [5.41, 5.74) is 1.20. The van der Waals surface area contributed by atoms with Crippen LogP contribution in [0.4, 0.5) is 0 Å². The van der Waals surface area contributed by atoms with E-state index in [4.69, 9.17) is 4.74 Å². The van der Waals surface area contributed by atoms with Crippen molar-refractivity contribution in [1.82, 2.24) is 15.1 Å². The maximum atomic E-state index is 13.2. The summed E-state index contributed by atoms with van der Waals surface area (Å²) in [5.74, 6) is 2.21. The van der Waals surface area contributed by atoms with Gasteiger partial charge in [-0.15, -0.1) is 12.4 Å². The van der Waals surface area contributed by atoms with Crippen molar-refractivity contribution >= 4 is 24.2 Å². The fourth-order valence-electron chi connectivity index (χ4n) is 6.37. The molecule has 31 heavy (non-hydrogen) atoms. The fourth-order valence-corrected chi connectivity index (χ4v) is 6.37. The van der Waals surface area contributed by atoms with Crippen molar-refractivity contribution in [2.75, 3.05) is 26.7 Å². The number of piperidine rings is 3.